The average Bonchev–Trinajstić information content (AvgIpc) is 3.70. The molecule has 3 aliphatic rings. The number of carbonyl (C=O) groups is 4. The van der Waals surface area contributed by atoms with E-state index in [1.54, 1.807) is 42.2 Å². The minimum absolute atomic E-state index is 0.249. The van der Waals surface area contributed by atoms with Crippen molar-refractivity contribution >= 4 is 69.2 Å². The summed E-state index contributed by atoms with van der Waals surface area (Å²) >= 11 is 1.62. The number of ether oxygens (including phenoxy) is 1. The van der Waals surface area contributed by atoms with E-state index in [0.717, 1.165) is 42.2 Å². The number of amides is 4. The molecule has 0 saturated carbocycles. The molecule has 4 amide bonds. The van der Waals surface area contributed by atoms with E-state index >= 15 is 0 Å². The molecule has 0 aliphatic carbocycles. The molecule has 1 fully saturated rings. The van der Waals surface area contributed by atoms with Crippen molar-refractivity contribution in [1.29, 1.82) is 0 Å². The molecular formula is C47H37N2O5OsP+. The fourth-order valence-electron chi connectivity index (χ4n) is 8.23. The molecule has 3 aliphatic heterocycles. The predicted molar refractivity (Wildman–Crippen MR) is 220 cm³/mol. The Morgan fingerprint density at radius 3 is 1.66 bits per heavy atom. The molecule has 5 aromatic rings. The first-order valence-electron chi connectivity index (χ1n) is 18.2. The summed E-state index contributed by atoms with van der Waals surface area (Å²) in [6.45, 7) is 4.58. The molecule has 0 atom stereocenters. The molecule has 0 aromatic heterocycles. The van der Waals surface area contributed by atoms with Gasteiger partial charge in [-0.25, -0.2) is 0 Å². The number of benzene rings is 5. The molecule has 277 valence electrons. The number of nitrogens with zero attached hydrogens (tertiary/aromatic N) is 2. The minimum atomic E-state index is -2.85. The first-order valence-corrected chi connectivity index (χ1v) is 21.3. The van der Waals surface area contributed by atoms with Crippen LogP contribution in [0.25, 0.3) is 22.4 Å². The van der Waals surface area contributed by atoms with Gasteiger partial charge in [-0.05, 0) is 0 Å². The van der Waals surface area contributed by atoms with Gasteiger partial charge in [0, 0.05) is 0 Å². The number of rotatable bonds is 7. The first kappa shape index (κ1) is 37.3. The van der Waals surface area contributed by atoms with Crippen LogP contribution in [0.5, 0.6) is 0 Å². The fourth-order valence-corrected chi connectivity index (χ4v) is 14.0. The summed E-state index contributed by atoms with van der Waals surface area (Å²) in [6.07, 6.45) is 7.68. The SMILES string of the molecule is CC=C1COCC1=CC(=C([C]#[Os])[P+](c1ccccc1)(c1ccccc1)c1ccccc1)c1cc2c3c(c(/C=C/C)cc4c3c1C(=O)N(C)C4=O)C(=O)N(C)C2=O. The van der Waals surface area contributed by atoms with Gasteiger partial charge >= 0.3 is 338 Å². The van der Waals surface area contributed by atoms with Crippen molar-refractivity contribution < 1.29 is 41.9 Å². The molecule has 0 radical (unpaired) electrons. The predicted octanol–water partition coefficient (Wildman–Crippen LogP) is 7.44. The number of hydrogen-bond acceptors (Lipinski definition) is 5. The van der Waals surface area contributed by atoms with Gasteiger partial charge in [-0.15, -0.1) is 0 Å². The Morgan fingerprint density at radius 2 is 1.16 bits per heavy atom. The van der Waals surface area contributed by atoms with Gasteiger partial charge in [-0.3, -0.25) is 0 Å². The zero-order chi connectivity index (χ0) is 39.3. The van der Waals surface area contributed by atoms with Crippen LogP contribution in [0, 0.1) is 4.37 Å². The Kier molecular flexibility index (Phi) is 9.88. The van der Waals surface area contributed by atoms with Crippen LogP contribution in [-0.2, 0) is 22.7 Å². The molecule has 8 rings (SSSR count). The van der Waals surface area contributed by atoms with E-state index in [0.29, 0.717) is 40.7 Å². The summed E-state index contributed by atoms with van der Waals surface area (Å²) < 4.78 is 9.74. The monoisotopic (exact) mass is 932 g/mol. The maximum atomic E-state index is 14.9. The van der Waals surface area contributed by atoms with Crippen molar-refractivity contribution in [1.82, 2.24) is 9.80 Å². The van der Waals surface area contributed by atoms with Crippen molar-refractivity contribution in [3.05, 3.63) is 171 Å². The van der Waals surface area contributed by atoms with E-state index in [2.05, 4.69) is 46.8 Å². The normalized spacial score (nSPS) is 17.4. The van der Waals surface area contributed by atoms with E-state index in [1.165, 1.54) is 14.1 Å². The molecule has 0 spiro atoms. The summed E-state index contributed by atoms with van der Waals surface area (Å²) in [7, 11) is 0.100. The van der Waals surface area contributed by atoms with Gasteiger partial charge in [0.05, 0.1) is 0 Å². The number of hydrogen-bond donors (Lipinski definition) is 0. The van der Waals surface area contributed by atoms with Crippen LogP contribution in [0.15, 0.2) is 138 Å². The molecule has 9 heteroatoms. The van der Waals surface area contributed by atoms with Crippen LogP contribution in [0.3, 0.4) is 0 Å². The zero-order valence-electron chi connectivity index (χ0n) is 31.3. The molecule has 0 unspecified atom stereocenters. The Balaban J connectivity index is 1.66. The Hall–Kier alpha value is -5.59. The van der Waals surface area contributed by atoms with E-state index < -0.39 is 30.9 Å². The molecule has 0 bridgehead atoms. The average molecular weight is 931 g/mol. The van der Waals surface area contributed by atoms with Crippen molar-refractivity contribution in [2.24, 2.45) is 0 Å². The molecule has 7 nitrogen and oxygen atoms in total. The third-order valence-electron chi connectivity index (χ3n) is 10.9. The summed E-state index contributed by atoms with van der Waals surface area (Å²) in [4.78, 5) is 59.6. The van der Waals surface area contributed by atoms with Crippen LogP contribution in [0.4, 0.5) is 0 Å². The Labute approximate surface area is 336 Å². The molecule has 0 N–H and O–H groups in total. The van der Waals surface area contributed by atoms with Gasteiger partial charge in [0.1, 0.15) is 0 Å². The second-order valence-corrected chi connectivity index (χ2v) is 17.8. The maximum absolute atomic E-state index is 14.9. The molecule has 3 heterocycles. The first-order chi connectivity index (χ1) is 27.2. The zero-order valence-corrected chi connectivity index (χ0v) is 34.7. The van der Waals surface area contributed by atoms with Crippen LogP contribution < -0.4 is 15.9 Å². The Bertz CT molecular complexity index is 2600. The van der Waals surface area contributed by atoms with E-state index in [-0.39, 0.29) is 22.3 Å². The number of allylic oxidation sites excluding steroid dienone is 5. The van der Waals surface area contributed by atoms with E-state index in [4.69, 9.17) is 4.74 Å². The topological polar surface area (TPSA) is 84.0 Å². The second-order valence-electron chi connectivity index (χ2n) is 13.8. The van der Waals surface area contributed by atoms with Gasteiger partial charge in [-0.2, -0.15) is 0 Å². The van der Waals surface area contributed by atoms with Gasteiger partial charge < -0.3 is 0 Å². The van der Waals surface area contributed by atoms with Crippen molar-refractivity contribution in [2.45, 2.75) is 13.8 Å². The second kappa shape index (κ2) is 14.8. The van der Waals surface area contributed by atoms with Crippen LogP contribution >= 0.6 is 7.26 Å². The number of carbonyl (C=O) groups excluding carboxylic acids is 4. The molecular weight excluding hydrogens is 894 g/mol. The molecule has 1 saturated heterocycles. The van der Waals surface area contributed by atoms with Gasteiger partial charge in [-0.1, -0.05) is 0 Å². The standard InChI is InChI=1S/C47H37N2O5P.Os/c1-6-17-31-24-38-42-41-39(45(51)48(4)46(52)40(31)41)26-37(43(42)47(53)49(5)44(38)50)36(25-32-28-54-27-30(32)7-2)29(3)55(33-18-11-8-12-19-33,34-20-13-9-14-21-34)35-22-15-10-16-23-35;/h6-26H,27-28H2,1-2,4-5H3;/q+1;/b17-6+,30-7?,32-25?,36-29?;. The number of imide groups is 2. The quantitative estimate of drug-likeness (QED) is 0.125. The summed E-state index contributed by atoms with van der Waals surface area (Å²) in [5.74, 6) is -2.01. The van der Waals surface area contributed by atoms with Crippen LogP contribution in [0.2, 0.25) is 0 Å². The van der Waals surface area contributed by atoms with Crippen molar-refractivity contribution in [3.8, 4) is 4.37 Å². The third kappa shape index (κ3) is 5.60. The molecule has 5 aromatic carbocycles. The third-order valence-corrected chi connectivity index (χ3v) is 16.3. The Morgan fingerprint density at radius 1 is 0.679 bits per heavy atom. The molecule has 56 heavy (non-hydrogen) atoms. The fraction of sp³-hybridized carbons (Fsp3) is 0.128. The summed E-state index contributed by atoms with van der Waals surface area (Å²) in [5.41, 5.74) is 4.68. The van der Waals surface area contributed by atoms with Gasteiger partial charge in [0.2, 0.25) is 0 Å². The van der Waals surface area contributed by atoms with Gasteiger partial charge in [0.25, 0.3) is 0 Å². The summed E-state index contributed by atoms with van der Waals surface area (Å²) in [5, 5.41) is 4.72. The van der Waals surface area contributed by atoms with Crippen LogP contribution in [0.1, 0.15) is 66.4 Å². The van der Waals surface area contributed by atoms with E-state index in [9.17, 15) is 19.2 Å². The van der Waals surface area contributed by atoms with Crippen molar-refractivity contribution in [2.75, 3.05) is 27.3 Å². The van der Waals surface area contributed by atoms with E-state index in [1.807, 2.05) is 74.5 Å². The van der Waals surface area contributed by atoms with Gasteiger partial charge in [0.15, 0.2) is 0 Å². The summed E-state index contributed by atoms with van der Waals surface area (Å²) in [6, 6.07) is 34.6. The van der Waals surface area contributed by atoms with Crippen LogP contribution in [-0.4, -0.2) is 60.7 Å². The van der Waals surface area contributed by atoms with Crippen molar-refractivity contribution in [3.63, 3.8) is 0 Å².